The molecule has 2 N–H and O–H groups in total. The Bertz CT molecular complexity index is 504. The molecule has 1 saturated heterocycles. The molecule has 1 aliphatic heterocycles. The van der Waals surface area contributed by atoms with Crippen LogP contribution in [0.5, 0.6) is 0 Å². The number of benzene rings is 1. The Morgan fingerprint density at radius 2 is 2.24 bits per heavy atom. The average Bonchev–Trinajstić information content (AvgIpc) is 2.73. The summed E-state index contributed by atoms with van der Waals surface area (Å²) in [7, 11) is -3.30. The van der Waals surface area contributed by atoms with Gasteiger partial charge in [-0.2, -0.15) is 0 Å². The molecule has 1 unspecified atom stereocenters. The summed E-state index contributed by atoms with van der Waals surface area (Å²) in [4.78, 5) is 0.327. The van der Waals surface area contributed by atoms with Crippen molar-refractivity contribution in [1.82, 2.24) is 0 Å². The van der Waals surface area contributed by atoms with Crippen LogP contribution in [-0.2, 0) is 14.6 Å². The molecule has 0 aromatic heterocycles. The quantitative estimate of drug-likeness (QED) is 0.832. The maximum atomic E-state index is 12.2. The van der Waals surface area contributed by atoms with Gasteiger partial charge in [0.15, 0.2) is 9.84 Å². The van der Waals surface area contributed by atoms with Crippen LogP contribution in [0.2, 0.25) is 0 Å². The fourth-order valence-corrected chi connectivity index (χ4v) is 3.88. The molecule has 5 heteroatoms. The number of rotatable bonds is 3. The van der Waals surface area contributed by atoms with Gasteiger partial charge in [-0.1, -0.05) is 6.07 Å². The van der Waals surface area contributed by atoms with E-state index in [1.165, 1.54) is 0 Å². The topological polar surface area (TPSA) is 69.4 Å². The highest BCUT2D eigenvalue weighted by Crippen LogP contribution is 2.24. The van der Waals surface area contributed by atoms with E-state index in [2.05, 4.69) is 0 Å². The minimum absolute atomic E-state index is 0.0529. The van der Waals surface area contributed by atoms with Crippen molar-refractivity contribution >= 4 is 15.5 Å². The fraction of sp³-hybridized carbons (Fsp3) is 0.500. The molecule has 1 atom stereocenters. The van der Waals surface area contributed by atoms with E-state index in [-0.39, 0.29) is 11.9 Å². The standard InChI is InChI=1S/C12H17NO3S/c1-9-11(13)5-2-6-12(9)17(14,15)8-10-4-3-7-16-10/h2,5-6,10H,3-4,7-8,13H2,1H3. The van der Waals surface area contributed by atoms with E-state index in [1.54, 1.807) is 25.1 Å². The SMILES string of the molecule is Cc1c(N)cccc1S(=O)(=O)CC1CCCO1. The zero-order valence-corrected chi connectivity index (χ0v) is 10.7. The van der Waals surface area contributed by atoms with Gasteiger partial charge < -0.3 is 10.5 Å². The van der Waals surface area contributed by atoms with Crippen molar-refractivity contribution in [3.8, 4) is 0 Å². The molecule has 0 aliphatic carbocycles. The monoisotopic (exact) mass is 255 g/mol. The largest absolute Gasteiger partial charge is 0.398 e. The van der Waals surface area contributed by atoms with Crippen molar-refractivity contribution < 1.29 is 13.2 Å². The van der Waals surface area contributed by atoms with Gasteiger partial charge in [0.1, 0.15) is 0 Å². The molecule has 1 fully saturated rings. The summed E-state index contributed by atoms with van der Waals surface area (Å²) in [5.74, 6) is 0.0529. The minimum Gasteiger partial charge on any atom is -0.398 e. The summed E-state index contributed by atoms with van der Waals surface area (Å²) in [6.07, 6.45) is 1.59. The third-order valence-electron chi connectivity index (χ3n) is 3.09. The summed E-state index contributed by atoms with van der Waals surface area (Å²) in [5.41, 5.74) is 6.87. The van der Waals surface area contributed by atoms with Crippen LogP contribution in [0.3, 0.4) is 0 Å². The van der Waals surface area contributed by atoms with Crippen LogP contribution < -0.4 is 5.73 Å². The maximum Gasteiger partial charge on any atom is 0.181 e. The van der Waals surface area contributed by atoms with Crippen LogP contribution in [-0.4, -0.2) is 26.9 Å². The van der Waals surface area contributed by atoms with Gasteiger partial charge in [0.05, 0.1) is 16.8 Å². The van der Waals surface area contributed by atoms with E-state index in [9.17, 15) is 8.42 Å². The lowest BCUT2D eigenvalue weighted by molar-refractivity contribution is 0.127. The van der Waals surface area contributed by atoms with Crippen molar-refractivity contribution in [3.63, 3.8) is 0 Å². The van der Waals surface area contributed by atoms with Crippen LogP contribution in [0.4, 0.5) is 5.69 Å². The van der Waals surface area contributed by atoms with Crippen molar-refractivity contribution in [2.75, 3.05) is 18.1 Å². The van der Waals surface area contributed by atoms with Crippen molar-refractivity contribution in [1.29, 1.82) is 0 Å². The zero-order chi connectivity index (χ0) is 12.5. The first-order valence-electron chi connectivity index (χ1n) is 5.70. The summed E-state index contributed by atoms with van der Waals surface area (Å²) in [6, 6.07) is 4.99. The van der Waals surface area contributed by atoms with Crippen LogP contribution in [0.25, 0.3) is 0 Å². The predicted octanol–water partition coefficient (Wildman–Crippen LogP) is 1.53. The third-order valence-corrected chi connectivity index (χ3v) is 5.01. The second kappa shape index (κ2) is 4.66. The van der Waals surface area contributed by atoms with E-state index in [0.29, 0.717) is 22.8 Å². The maximum absolute atomic E-state index is 12.2. The van der Waals surface area contributed by atoms with Gasteiger partial charge in [-0.25, -0.2) is 8.42 Å². The molecule has 0 radical (unpaired) electrons. The van der Waals surface area contributed by atoms with Crippen LogP contribution >= 0.6 is 0 Å². The molecule has 1 aromatic carbocycles. The van der Waals surface area contributed by atoms with E-state index >= 15 is 0 Å². The Balaban J connectivity index is 2.28. The molecule has 17 heavy (non-hydrogen) atoms. The second-order valence-corrected chi connectivity index (χ2v) is 6.39. The average molecular weight is 255 g/mol. The highest BCUT2D eigenvalue weighted by Gasteiger charge is 2.26. The minimum atomic E-state index is -3.30. The first kappa shape index (κ1) is 12.4. The Kier molecular flexibility index (Phi) is 3.40. The highest BCUT2D eigenvalue weighted by atomic mass is 32.2. The number of nitrogen functional groups attached to an aromatic ring is 1. The number of anilines is 1. The highest BCUT2D eigenvalue weighted by molar-refractivity contribution is 7.91. The van der Waals surface area contributed by atoms with Gasteiger partial charge in [0, 0.05) is 12.3 Å². The van der Waals surface area contributed by atoms with Crippen LogP contribution in [0.1, 0.15) is 18.4 Å². The van der Waals surface area contributed by atoms with E-state index in [4.69, 9.17) is 10.5 Å². The molecule has 4 nitrogen and oxygen atoms in total. The van der Waals surface area contributed by atoms with Crippen molar-refractivity contribution in [2.24, 2.45) is 0 Å². The molecule has 94 valence electrons. The van der Waals surface area contributed by atoms with Gasteiger partial charge in [-0.15, -0.1) is 0 Å². The fourth-order valence-electron chi connectivity index (χ4n) is 2.08. The molecule has 1 aliphatic rings. The van der Waals surface area contributed by atoms with Gasteiger partial charge in [-0.05, 0) is 37.5 Å². The number of nitrogens with two attached hydrogens (primary N) is 1. The molecule has 0 saturated carbocycles. The lowest BCUT2D eigenvalue weighted by atomic mass is 10.2. The predicted molar refractivity (Wildman–Crippen MR) is 66.6 cm³/mol. The van der Waals surface area contributed by atoms with E-state index in [0.717, 1.165) is 12.8 Å². The van der Waals surface area contributed by atoms with E-state index in [1.807, 2.05) is 0 Å². The number of hydrogen-bond donors (Lipinski definition) is 1. The van der Waals surface area contributed by atoms with Gasteiger partial charge in [0.25, 0.3) is 0 Å². The van der Waals surface area contributed by atoms with Crippen LogP contribution in [0, 0.1) is 6.92 Å². The normalized spacial score (nSPS) is 20.6. The number of hydrogen-bond acceptors (Lipinski definition) is 4. The number of ether oxygens (including phenoxy) is 1. The van der Waals surface area contributed by atoms with E-state index < -0.39 is 9.84 Å². The summed E-state index contributed by atoms with van der Waals surface area (Å²) in [5, 5.41) is 0. The zero-order valence-electron chi connectivity index (χ0n) is 9.85. The molecule has 1 aromatic rings. The molecular formula is C12H17NO3S. The Morgan fingerprint density at radius 1 is 1.47 bits per heavy atom. The van der Waals surface area contributed by atoms with Gasteiger partial charge in [0.2, 0.25) is 0 Å². The van der Waals surface area contributed by atoms with Crippen molar-refractivity contribution in [3.05, 3.63) is 23.8 Å². The lowest BCUT2D eigenvalue weighted by Gasteiger charge is -2.13. The molecule has 0 bridgehead atoms. The number of sulfone groups is 1. The summed E-state index contributed by atoms with van der Waals surface area (Å²) < 4.78 is 29.8. The van der Waals surface area contributed by atoms with Gasteiger partial charge in [-0.3, -0.25) is 0 Å². The molecule has 0 spiro atoms. The Hall–Kier alpha value is -1.07. The Labute approximate surface area is 102 Å². The molecule has 1 heterocycles. The first-order valence-corrected chi connectivity index (χ1v) is 7.35. The first-order chi connectivity index (χ1) is 8.00. The smallest absolute Gasteiger partial charge is 0.181 e. The van der Waals surface area contributed by atoms with Crippen molar-refractivity contribution in [2.45, 2.75) is 30.8 Å². The second-order valence-electron chi connectivity index (χ2n) is 4.39. The summed E-state index contributed by atoms with van der Waals surface area (Å²) in [6.45, 7) is 2.40. The molecule has 0 amide bonds. The third kappa shape index (κ3) is 2.61. The lowest BCUT2D eigenvalue weighted by Crippen LogP contribution is -2.21. The summed E-state index contributed by atoms with van der Waals surface area (Å²) >= 11 is 0. The Morgan fingerprint density at radius 3 is 2.88 bits per heavy atom. The molecule has 2 rings (SSSR count). The molecular weight excluding hydrogens is 238 g/mol. The van der Waals surface area contributed by atoms with Crippen LogP contribution in [0.15, 0.2) is 23.1 Å². The van der Waals surface area contributed by atoms with Gasteiger partial charge >= 0.3 is 0 Å².